The van der Waals surface area contributed by atoms with Crippen LogP contribution in [0.4, 0.5) is 0 Å². The van der Waals surface area contributed by atoms with Crippen molar-refractivity contribution in [1.29, 1.82) is 0 Å². The highest BCUT2D eigenvalue weighted by atomic mass is 28.4. The summed E-state index contributed by atoms with van der Waals surface area (Å²) in [5.41, 5.74) is 1.18. The van der Waals surface area contributed by atoms with Gasteiger partial charge in [0.2, 0.25) is 0 Å². The molecule has 0 bridgehead atoms. The molecule has 0 N–H and O–H groups in total. The number of hydroxylamine groups is 2. The lowest BCUT2D eigenvalue weighted by atomic mass is 10.0. The van der Waals surface area contributed by atoms with Gasteiger partial charge in [0.25, 0.3) is 0 Å². The summed E-state index contributed by atoms with van der Waals surface area (Å²) in [5.74, 6) is 0.924. The predicted octanol–water partition coefficient (Wildman–Crippen LogP) is 6.19. The van der Waals surface area contributed by atoms with Crippen LogP contribution in [0.1, 0.15) is 33.3 Å². The van der Waals surface area contributed by atoms with Gasteiger partial charge in [-0.3, -0.25) is 4.84 Å². The van der Waals surface area contributed by atoms with Crippen LogP contribution >= 0.6 is 0 Å². The summed E-state index contributed by atoms with van der Waals surface area (Å²) in [5, 5.41) is 2.11. The lowest BCUT2D eigenvalue weighted by molar-refractivity contribution is -0.288. The molecule has 3 rings (SSSR count). The van der Waals surface area contributed by atoms with Crippen LogP contribution in [0.3, 0.4) is 0 Å². The molecule has 2 aliphatic rings. The van der Waals surface area contributed by atoms with Crippen molar-refractivity contribution in [3.05, 3.63) is 47.7 Å². The second kappa shape index (κ2) is 11.6. The van der Waals surface area contributed by atoms with Crippen molar-refractivity contribution in [2.24, 2.45) is 0 Å². The largest absolute Gasteiger partial charge is 0.497 e. The maximum absolute atomic E-state index is 6.89. The van der Waals surface area contributed by atoms with E-state index in [1.807, 2.05) is 18.1 Å². The Morgan fingerprint density at radius 3 is 2.37 bits per heavy atom. The third kappa shape index (κ3) is 7.99. The summed E-state index contributed by atoms with van der Waals surface area (Å²) in [6.07, 6.45) is 1.28. The van der Waals surface area contributed by atoms with Crippen molar-refractivity contribution < 1.29 is 23.5 Å². The Balaban J connectivity index is 1.91. The molecule has 1 aromatic rings. The van der Waals surface area contributed by atoms with E-state index in [4.69, 9.17) is 23.5 Å². The fraction of sp³-hybridized carbons (Fsp3) is 0.704. The first-order valence-electron chi connectivity index (χ1n) is 13.0. The highest BCUT2D eigenvalue weighted by Gasteiger charge is 2.48. The van der Waals surface area contributed by atoms with Gasteiger partial charge in [-0.1, -0.05) is 70.7 Å². The van der Waals surface area contributed by atoms with Gasteiger partial charge in [-0.2, -0.15) is 5.06 Å². The van der Waals surface area contributed by atoms with Gasteiger partial charge in [0.15, 0.2) is 14.6 Å². The third-order valence-corrected chi connectivity index (χ3v) is 13.4. The summed E-state index contributed by atoms with van der Waals surface area (Å²) < 4.78 is 25.8. The van der Waals surface area contributed by atoms with Gasteiger partial charge in [-0.25, -0.2) is 0 Å². The van der Waals surface area contributed by atoms with Gasteiger partial charge >= 0.3 is 0 Å². The molecular formula is C27H47NO5Si2. The number of hydrogen-bond acceptors (Lipinski definition) is 6. The molecule has 0 unspecified atom stereocenters. The molecule has 0 aromatic heterocycles. The summed E-state index contributed by atoms with van der Waals surface area (Å²) >= 11 is 0. The lowest BCUT2D eigenvalue weighted by Gasteiger charge is -2.48. The summed E-state index contributed by atoms with van der Waals surface area (Å²) in [6, 6.07) is 11.3. The van der Waals surface area contributed by atoms with Gasteiger partial charge in [0.05, 0.1) is 32.5 Å². The van der Waals surface area contributed by atoms with Crippen LogP contribution in [-0.2, 0) is 30.0 Å². The van der Waals surface area contributed by atoms with E-state index in [2.05, 4.69) is 83.8 Å². The fourth-order valence-corrected chi connectivity index (χ4v) is 6.05. The summed E-state index contributed by atoms with van der Waals surface area (Å²) in [6.45, 7) is 22.8. The zero-order valence-corrected chi connectivity index (χ0v) is 25.3. The van der Waals surface area contributed by atoms with E-state index in [-0.39, 0.29) is 29.6 Å². The topological polar surface area (TPSA) is 49.4 Å². The quantitative estimate of drug-likeness (QED) is 0.361. The highest BCUT2D eigenvalue weighted by Crippen LogP contribution is 2.40. The van der Waals surface area contributed by atoms with E-state index < -0.39 is 16.4 Å². The lowest BCUT2D eigenvalue weighted by Crippen LogP contribution is -2.60. The normalized spacial score (nSPS) is 26.9. The summed E-state index contributed by atoms with van der Waals surface area (Å²) in [4.78, 5) is 6.23. The Morgan fingerprint density at radius 2 is 1.74 bits per heavy atom. The molecule has 6 nitrogen and oxygen atoms in total. The first kappa shape index (κ1) is 28.6. The van der Waals surface area contributed by atoms with Crippen LogP contribution in [0.15, 0.2) is 42.2 Å². The number of hydrogen-bond donors (Lipinski definition) is 0. The second-order valence-electron chi connectivity index (χ2n) is 12.5. The molecule has 2 aliphatic heterocycles. The van der Waals surface area contributed by atoms with Crippen molar-refractivity contribution in [3.63, 3.8) is 0 Å². The van der Waals surface area contributed by atoms with Crippen molar-refractivity contribution in [3.8, 4) is 0 Å². The minimum atomic E-state index is -2.06. The standard InChI is InChI=1S/C27H47NO5Si2/c1-21-30-20-24(33-35(8,9)27(2,3)4)26(32-21)25-23(29-17-18-34(5,6)7)15-16-31-28(25)19-22-13-11-10-12-14-22/h10-15,21,24-26H,16-20H2,1-9H3/t21-,24+,25+,26-/m0/s1. The Morgan fingerprint density at radius 1 is 1.06 bits per heavy atom. The molecule has 0 spiro atoms. The van der Waals surface area contributed by atoms with Crippen molar-refractivity contribution in [2.45, 2.75) is 103 Å². The Kier molecular flexibility index (Phi) is 9.45. The molecule has 1 saturated heterocycles. The van der Waals surface area contributed by atoms with E-state index in [0.29, 0.717) is 26.4 Å². The van der Waals surface area contributed by atoms with Crippen LogP contribution in [0, 0.1) is 0 Å². The van der Waals surface area contributed by atoms with Gasteiger partial charge in [-0.15, -0.1) is 0 Å². The van der Waals surface area contributed by atoms with E-state index >= 15 is 0 Å². The molecule has 35 heavy (non-hydrogen) atoms. The molecule has 198 valence electrons. The molecular weight excluding hydrogens is 474 g/mol. The van der Waals surface area contributed by atoms with Gasteiger partial charge in [0.1, 0.15) is 17.9 Å². The zero-order valence-electron chi connectivity index (χ0n) is 23.3. The molecule has 0 saturated carbocycles. The van der Waals surface area contributed by atoms with Crippen molar-refractivity contribution in [1.82, 2.24) is 5.06 Å². The Labute approximate surface area is 215 Å². The van der Waals surface area contributed by atoms with Gasteiger partial charge in [0, 0.05) is 8.07 Å². The van der Waals surface area contributed by atoms with Crippen LogP contribution in [0.5, 0.6) is 0 Å². The van der Waals surface area contributed by atoms with E-state index in [1.54, 1.807) is 0 Å². The molecule has 4 atom stereocenters. The van der Waals surface area contributed by atoms with Gasteiger partial charge in [-0.05, 0) is 42.7 Å². The van der Waals surface area contributed by atoms with E-state index in [9.17, 15) is 0 Å². The smallest absolute Gasteiger partial charge is 0.192 e. The number of nitrogens with zero attached hydrogens (tertiary/aromatic N) is 1. The average molecular weight is 522 g/mol. The minimum Gasteiger partial charge on any atom is -0.497 e. The molecule has 0 amide bonds. The number of benzene rings is 1. The zero-order chi connectivity index (χ0) is 25.9. The summed E-state index contributed by atoms with van der Waals surface area (Å²) in [7, 11) is -3.29. The Bertz CT molecular complexity index is 834. The van der Waals surface area contributed by atoms with Crippen LogP contribution in [-0.4, -0.2) is 65.8 Å². The van der Waals surface area contributed by atoms with Crippen LogP contribution in [0.2, 0.25) is 43.8 Å². The van der Waals surface area contributed by atoms with Crippen molar-refractivity contribution in [2.75, 3.05) is 19.8 Å². The Hall–Kier alpha value is -1.01. The molecule has 1 aromatic carbocycles. The molecule has 2 heterocycles. The highest BCUT2D eigenvalue weighted by molar-refractivity contribution is 6.76. The second-order valence-corrected chi connectivity index (χ2v) is 22.9. The SMILES string of the molecule is C[C@H]1OC[C@@H](O[Si](C)(C)C(C)(C)C)[C@@H]([C@H]2C(OCC[Si](C)(C)C)=CCON2Cc2ccccc2)O1. The fourth-order valence-electron chi connectivity index (χ4n) is 4.02. The maximum Gasteiger partial charge on any atom is 0.192 e. The first-order valence-corrected chi connectivity index (χ1v) is 19.6. The van der Waals surface area contributed by atoms with E-state index in [0.717, 1.165) is 11.8 Å². The minimum absolute atomic E-state index is 0.0832. The van der Waals surface area contributed by atoms with E-state index in [1.165, 1.54) is 5.56 Å². The molecule has 0 radical (unpaired) electrons. The molecule has 8 heteroatoms. The third-order valence-electron chi connectivity index (χ3n) is 7.20. The van der Waals surface area contributed by atoms with Crippen molar-refractivity contribution >= 4 is 16.4 Å². The monoisotopic (exact) mass is 521 g/mol. The van der Waals surface area contributed by atoms with Gasteiger partial charge < -0.3 is 18.6 Å². The number of rotatable bonds is 9. The number of ether oxygens (including phenoxy) is 3. The average Bonchev–Trinajstić information content (AvgIpc) is 2.74. The molecule has 1 fully saturated rings. The maximum atomic E-state index is 6.89. The van der Waals surface area contributed by atoms with Crippen LogP contribution < -0.4 is 0 Å². The predicted molar refractivity (Wildman–Crippen MR) is 146 cm³/mol. The van der Waals surface area contributed by atoms with Crippen LogP contribution in [0.25, 0.3) is 0 Å². The first-order chi connectivity index (χ1) is 16.3. The molecule has 0 aliphatic carbocycles.